The van der Waals surface area contributed by atoms with Crippen molar-refractivity contribution in [2.45, 2.75) is 5.41 Å². The van der Waals surface area contributed by atoms with E-state index >= 15 is 0 Å². The van der Waals surface area contributed by atoms with Crippen LogP contribution in [0.15, 0.2) is 104 Å². The van der Waals surface area contributed by atoms with Gasteiger partial charge in [-0.15, -0.1) is 6.58 Å². The molecule has 0 amide bonds. The predicted molar refractivity (Wildman–Crippen MR) is 94.6 cm³/mol. The summed E-state index contributed by atoms with van der Waals surface area (Å²) in [6, 6.07) is 29.0. The van der Waals surface area contributed by atoms with Gasteiger partial charge in [0.15, 0.2) is 5.78 Å². The summed E-state index contributed by atoms with van der Waals surface area (Å²) in [5, 5.41) is 0. The molecule has 3 rings (SSSR count). The molecule has 23 heavy (non-hydrogen) atoms. The van der Waals surface area contributed by atoms with Crippen LogP contribution in [0.3, 0.4) is 0 Å². The summed E-state index contributed by atoms with van der Waals surface area (Å²) >= 11 is 0. The van der Waals surface area contributed by atoms with Crippen molar-refractivity contribution in [3.63, 3.8) is 0 Å². The zero-order valence-corrected chi connectivity index (χ0v) is 12.9. The minimum absolute atomic E-state index is 0.0329. The molecular weight excluding hydrogens is 280 g/mol. The maximum absolute atomic E-state index is 13.4. The maximum Gasteiger partial charge on any atom is 0.181 e. The molecule has 0 bridgehead atoms. The van der Waals surface area contributed by atoms with Crippen LogP contribution in [0.1, 0.15) is 21.5 Å². The monoisotopic (exact) mass is 298 g/mol. The van der Waals surface area contributed by atoms with Crippen LogP contribution >= 0.6 is 0 Å². The number of Topliss-reactive ketones (excluding diaryl/α,β-unsaturated/α-hetero) is 1. The molecule has 0 aliphatic heterocycles. The number of ketones is 1. The van der Waals surface area contributed by atoms with Gasteiger partial charge >= 0.3 is 0 Å². The maximum atomic E-state index is 13.4. The zero-order chi connectivity index (χ0) is 16.1. The van der Waals surface area contributed by atoms with E-state index in [1.165, 1.54) is 0 Å². The van der Waals surface area contributed by atoms with Crippen LogP contribution in [0.4, 0.5) is 0 Å². The normalized spacial score (nSPS) is 11.0. The average Bonchev–Trinajstić information content (AvgIpc) is 2.65. The summed E-state index contributed by atoms with van der Waals surface area (Å²) < 4.78 is 0. The van der Waals surface area contributed by atoms with E-state index in [0.29, 0.717) is 5.56 Å². The van der Waals surface area contributed by atoms with Crippen molar-refractivity contribution >= 4 is 5.78 Å². The van der Waals surface area contributed by atoms with Crippen LogP contribution in [0.25, 0.3) is 0 Å². The fourth-order valence-corrected chi connectivity index (χ4v) is 2.98. The smallest absolute Gasteiger partial charge is 0.181 e. The molecule has 0 spiro atoms. The highest BCUT2D eigenvalue weighted by atomic mass is 16.1. The summed E-state index contributed by atoms with van der Waals surface area (Å²) in [5.74, 6) is 0.0329. The van der Waals surface area contributed by atoms with Crippen LogP contribution in [0.5, 0.6) is 0 Å². The van der Waals surface area contributed by atoms with Crippen LogP contribution in [0, 0.1) is 0 Å². The Kier molecular flexibility index (Phi) is 4.20. The summed E-state index contributed by atoms with van der Waals surface area (Å²) in [7, 11) is 0. The lowest BCUT2D eigenvalue weighted by atomic mass is 9.69. The highest BCUT2D eigenvalue weighted by molar-refractivity contribution is 6.08. The van der Waals surface area contributed by atoms with Gasteiger partial charge in [-0.2, -0.15) is 0 Å². The Morgan fingerprint density at radius 3 is 1.48 bits per heavy atom. The van der Waals surface area contributed by atoms with Gasteiger partial charge in [0.1, 0.15) is 5.41 Å². The van der Waals surface area contributed by atoms with E-state index < -0.39 is 5.41 Å². The minimum atomic E-state index is -0.885. The topological polar surface area (TPSA) is 17.1 Å². The fourth-order valence-electron chi connectivity index (χ4n) is 2.98. The van der Waals surface area contributed by atoms with E-state index in [1.54, 1.807) is 6.08 Å². The van der Waals surface area contributed by atoms with E-state index in [-0.39, 0.29) is 5.78 Å². The van der Waals surface area contributed by atoms with Gasteiger partial charge in [0.05, 0.1) is 0 Å². The Hall–Kier alpha value is -2.93. The first kappa shape index (κ1) is 15.0. The first-order valence-electron chi connectivity index (χ1n) is 7.63. The molecule has 0 unspecified atom stereocenters. The molecule has 0 saturated carbocycles. The van der Waals surface area contributed by atoms with Crippen molar-refractivity contribution in [3.05, 3.63) is 120 Å². The SMILES string of the molecule is C=CC(C(=O)c1ccccc1)(c1ccccc1)c1ccccc1. The van der Waals surface area contributed by atoms with Crippen LogP contribution in [-0.4, -0.2) is 5.78 Å². The van der Waals surface area contributed by atoms with E-state index in [4.69, 9.17) is 0 Å². The quantitative estimate of drug-likeness (QED) is 0.476. The van der Waals surface area contributed by atoms with Gasteiger partial charge in [-0.05, 0) is 11.1 Å². The van der Waals surface area contributed by atoms with Crippen molar-refractivity contribution in [2.75, 3.05) is 0 Å². The van der Waals surface area contributed by atoms with E-state index in [2.05, 4.69) is 6.58 Å². The number of rotatable bonds is 5. The summed E-state index contributed by atoms with van der Waals surface area (Å²) in [6.07, 6.45) is 1.76. The van der Waals surface area contributed by atoms with Crippen molar-refractivity contribution in [1.82, 2.24) is 0 Å². The molecule has 0 heterocycles. The number of hydrogen-bond donors (Lipinski definition) is 0. The van der Waals surface area contributed by atoms with Gasteiger partial charge in [0.2, 0.25) is 0 Å². The van der Waals surface area contributed by atoms with Gasteiger partial charge in [0.25, 0.3) is 0 Å². The van der Waals surface area contributed by atoms with Crippen molar-refractivity contribution in [3.8, 4) is 0 Å². The Labute approximate surface area is 136 Å². The Balaban J connectivity index is 2.26. The molecule has 0 radical (unpaired) electrons. The molecule has 1 nitrogen and oxygen atoms in total. The van der Waals surface area contributed by atoms with E-state index in [1.807, 2.05) is 91.0 Å². The molecule has 0 atom stereocenters. The Bertz CT molecular complexity index is 750. The van der Waals surface area contributed by atoms with Gasteiger partial charge in [0, 0.05) is 5.56 Å². The number of carbonyl (C=O) groups excluding carboxylic acids is 1. The second kappa shape index (κ2) is 6.45. The third-order valence-corrected chi connectivity index (χ3v) is 4.16. The largest absolute Gasteiger partial charge is 0.292 e. The lowest BCUT2D eigenvalue weighted by Crippen LogP contribution is -2.35. The third-order valence-electron chi connectivity index (χ3n) is 4.16. The molecule has 1 heteroatoms. The second-order valence-corrected chi connectivity index (χ2v) is 5.44. The average molecular weight is 298 g/mol. The molecule has 0 fully saturated rings. The van der Waals surface area contributed by atoms with Crippen LogP contribution < -0.4 is 0 Å². The molecule has 0 aliphatic rings. The Morgan fingerprint density at radius 1 is 0.696 bits per heavy atom. The first-order valence-corrected chi connectivity index (χ1v) is 7.63. The number of carbonyl (C=O) groups is 1. The highest BCUT2D eigenvalue weighted by Crippen LogP contribution is 2.36. The molecule has 0 aromatic heterocycles. The van der Waals surface area contributed by atoms with Crippen molar-refractivity contribution < 1.29 is 4.79 Å². The van der Waals surface area contributed by atoms with Gasteiger partial charge in [-0.1, -0.05) is 97.1 Å². The molecule has 0 aliphatic carbocycles. The second-order valence-electron chi connectivity index (χ2n) is 5.44. The van der Waals surface area contributed by atoms with Crippen molar-refractivity contribution in [1.29, 1.82) is 0 Å². The van der Waals surface area contributed by atoms with Gasteiger partial charge in [-0.3, -0.25) is 4.79 Å². The number of allylic oxidation sites excluding steroid dienone is 1. The molecule has 112 valence electrons. The standard InChI is InChI=1S/C22H18O/c1-2-22(19-14-8-4-9-15-19,20-16-10-5-11-17-20)21(23)18-12-6-3-7-13-18/h2-17H,1H2. The fraction of sp³-hybridized carbons (Fsp3) is 0.0455. The summed E-state index contributed by atoms with van der Waals surface area (Å²) in [6.45, 7) is 4.01. The van der Waals surface area contributed by atoms with E-state index in [0.717, 1.165) is 11.1 Å². The Morgan fingerprint density at radius 2 is 1.09 bits per heavy atom. The van der Waals surface area contributed by atoms with Gasteiger partial charge in [-0.25, -0.2) is 0 Å². The lowest BCUT2D eigenvalue weighted by Gasteiger charge is -2.30. The number of hydrogen-bond acceptors (Lipinski definition) is 1. The molecular formula is C22H18O. The molecule has 3 aromatic rings. The zero-order valence-electron chi connectivity index (χ0n) is 12.9. The van der Waals surface area contributed by atoms with Crippen LogP contribution in [0.2, 0.25) is 0 Å². The molecule has 0 N–H and O–H groups in total. The minimum Gasteiger partial charge on any atom is -0.292 e. The van der Waals surface area contributed by atoms with Crippen molar-refractivity contribution in [2.24, 2.45) is 0 Å². The third kappa shape index (κ3) is 2.62. The molecule has 0 saturated heterocycles. The highest BCUT2D eigenvalue weighted by Gasteiger charge is 2.39. The summed E-state index contributed by atoms with van der Waals surface area (Å²) in [5.41, 5.74) is 1.65. The molecule has 3 aromatic carbocycles. The van der Waals surface area contributed by atoms with Crippen LogP contribution in [-0.2, 0) is 5.41 Å². The summed E-state index contributed by atoms with van der Waals surface area (Å²) in [4.78, 5) is 13.4. The lowest BCUT2D eigenvalue weighted by molar-refractivity contribution is 0.0939. The van der Waals surface area contributed by atoms with E-state index in [9.17, 15) is 4.79 Å². The van der Waals surface area contributed by atoms with Gasteiger partial charge < -0.3 is 0 Å². The first-order chi connectivity index (χ1) is 11.3. The number of benzene rings is 3. The predicted octanol–water partition coefficient (Wildman–Crippen LogP) is 5.04.